The summed E-state index contributed by atoms with van der Waals surface area (Å²) in [6.45, 7) is 4.73. The van der Waals surface area contributed by atoms with Crippen molar-refractivity contribution in [2.24, 2.45) is 5.73 Å². The zero-order valence-electron chi connectivity index (χ0n) is 13.8. The summed E-state index contributed by atoms with van der Waals surface area (Å²) in [5.41, 5.74) is 8.74. The zero-order chi connectivity index (χ0) is 16.9. The van der Waals surface area contributed by atoms with Crippen molar-refractivity contribution in [1.29, 1.82) is 0 Å². The van der Waals surface area contributed by atoms with Crippen molar-refractivity contribution in [3.63, 3.8) is 0 Å². The lowest BCUT2D eigenvalue weighted by molar-refractivity contribution is -0.118. The van der Waals surface area contributed by atoms with E-state index in [4.69, 9.17) is 5.73 Å². The summed E-state index contributed by atoms with van der Waals surface area (Å²) in [5.74, 6) is -0.328. The minimum absolute atomic E-state index is 0.207. The van der Waals surface area contributed by atoms with Crippen LogP contribution in [0.1, 0.15) is 17.7 Å². The van der Waals surface area contributed by atoms with Gasteiger partial charge in [-0.1, -0.05) is 18.2 Å². The van der Waals surface area contributed by atoms with Crippen LogP contribution in [0.15, 0.2) is 36.9 Å². The molecule has 0 aliphatic carbocycles. The molecule has 1 aromatic carbocycles. The Hall–Kier alpha value is -2.67. The fraction of sp³-hybridized carbons (Fsp3) is 0.353. The molecule has 0 fully saturated rings. The third kappa shape index (κ3) is 3.46. The molecule has 1 amide bonds. The zero-order valence-corrected chi connectivity index (χ0v) is 13.8. The number of nitrogens with two attached hydrogens (primary N) is 1. The van der Waals surface area contributed by atoms with Gasteiger partial charge in [-0.25, -0.2) is 4.98 Å². The summed E-state index contributed by atoms with van der Waals surface area (Å²) < 4.78 is 3.82. The largest absolute Gasteiger partial charge is 0.368 e. The number of para-hydroxylation sites is 1. The number of nitrogens with one attached hydrogen (secondary N) is 1. The molecular weight excluding hydrogens is 304 g/mol. The van der Waals surface area contributed by atoms with Crippen molar-refractivity contribution < 1.29 is 4.79 Å². The molecule has 0 saturated heterocycles. The van der Waals surface area contributed by atoms with Crippen LogP contribution in [-0.4, -0.2) is 31.8 Å². The van der Waals surface area contributed by atoms with E-state index in [-0.39, 0.29) is 12.5 Å². The Morgan fingerprint density at radius 1 is 1.33 bits per heavy atom. The fourth-order valence-corrected chi connectivity index (χ4v) is 3.01. The molecule has 0 unspecified atom stereocenters. The van der Waals surface area contributed by atoms with Crippen LogP contribution in [0, 0.1) is 6.92 Å². The van der Waals surface area contributed by atoms with Crippen molar-refractivity contribution in [2.75, 3.05) is 6.54 Å². The van der Waals surface area contributed by atoms with Crippen molar-refractivity contribution in [3.8, 4) is 0 Å². The van der Waals surface area contributed by atoms with Crippen LogP contribution < -0.4 is 11.1 Å². The number of fused-ring (bicyclic) bond motifs is 1. The molecule has 126 valence electrons. The molecule has 3 aromatic rings. The molecule has 0 aliphatic heterocycles. The lowest BCUT2D eigenvalue weighted by atomic mass is 10.1. The number of amides is 1. The van der Waals surface area contributed by atoms with Gasteiger partial charge in [0.25, 0.3) is 0 Å². The van der Waals surface area contributed by atoms with Crippen molar-refractivity contribution in [1.82, 2.24) is 24.6 Å². The summed E-state index contributed by atoms with van der Waals surface area (Å²) >= 11 is 0. The summed E-state index contributed by atoms with van der Waals surface area (Å²) in [4.78, 5) is 15.3. The van der Waals surface area contributed by atoms with Gasteiger partial charge >= 0.3 is 0 Å². The summed E-state index contributed by atoms with van der Waals surface area (Å²) in [6.07, 6.45) is 4.24. The number of carbonyl (C=O) groups excluding carboxylic acids is 1. The minimum Gasteiger partial charge on any atom is -0.368 e. The molecule has 0 saturated carbocycles. The molecule has 0 atom stereocenters. The van der Waals surface area contributed by atoms with Gasteiger partial charge < -0.3 is 15.6 Å². The number of hydrogen-bond acceptors (Lipinski definition) is 4. The first-order chi connectivity index (χ1) is 11.7. The molecule has 0 aliphatic rings. The first-order valence-electron chi connectivity index (χ1n) is 8.05. The first kappa shape index (κ1) is 16.2. The second-order valence-electron chi connectivity index (χ2n) is 5.82. The molecule has 7 heteroatoms. The van der Waals surface area contributed by atoms with Gasteiger partial charge in [-0.3, -0.25) is 9.48 Å². The maximum Gasteiger partial charge on any atom is 0.237 e. The maximum atomic E-state index is 11.4. The summed E-state index contributed by atoms with van der Waals surface area (Å²) in [7, 11) is 0. The minimum atomic E-state index is -0.328. The van der Waals surface area contributed by atoms with Gasteiger partial charge in [0.2, 0.25) is 5.91 Å². The van der Waals surface area contributed by atoms with Crippen LogP contribution in [0.25, 0.3) is 10.9 Å². The Bertz CT molecular complexity index is 821. The van der Waals surface area contributed by atoms with Gasteiger partial charge in [-0.15, -0.1) is 0 Å². The molecule has 0 bridgehead atoms. The van der Waals surface area contributed by atoms with Gasteiger partial charge in [-0.05, 0) is 31.5 Å². The quantitative estimate of drug-likeness (QED) is 0.609. The predicted octanol–water partition coefficient (Wildman–Crippen LogP) is 1.21. The number of primary amides is 1. The van der Waals surface area contributed by atoms with E-state index >= 15 is 0 Å². The van der Waals surface area contributed by atoms with E-state index in [1.807, 2.05) is 34.4 Å². The van der Waals surface area contributed by atoms with Crippen molar-refractivity contribution in [2.45, 2.75) is 33.0 Å². The average Bonchev–Trinajstić information content (AvgIpc) is 3.16. The number of benzene rings is 1. The molecule has 2 heterocycles. The predicted molar refractivity (Wildman–Crippen MR) is 92.2 cm³/mol. The third-order valence-electron chi connectivity index (χ3n) is 4.18. The third-order valence-corrected chi connectivity index (χ3v) is 4.18. The number of rotatable bonds is 8. The number of aromatic nitrogens is 4. The van der Waals surface area contributed by atoms with Gasteiger partial charge in [-0.2, -0.15) is 5.10 Å². The molecule has 2 aromatic heterocycles. The van der Waals surface area contributed by atoms with E-state index in [9.17, 15) is 4.79 Å². The molecule has 0 radical (unpaired) electrons. The lowest BCUT2D eigenvalue weighted by Gasteiger charge is -2.07. The molecule has 7 nitrogen and oxygen atoms in total. The Morgan fingerprint density at radius 2 is 2.17 bits per heavy atom. The van der Waals surface area contributed by atoms with E-state index in [0.29, 0.717) is 0 Å². The van der Waals surface area contributed by atoms with E-state index < -0.39 is 0 Å². The van der Waals surface area contributed by atoms with Gasteiger partial charge in [0.05, 0.1) is 0 Å². The SMILES string of the molecule is Cc1c(CNCCCn2cncn2)c2ccccc2n1CC(N)=O. The van der Waals surface area contributed by atoms with Gasteiger partial charge in [0.1, 0.15) is 19.2 Å². The summed E-state index contributed by atoms with van der Waals surface area (Å²) in [5, 5.41) is 8.73. The smallest absolute Gasteiger partial charge is 0.237 e. The van der Waals surface area contributed by atoms with Crippen LogP contribution in [0.4, 0.5) is 0 Å². The standard InChI is InChI=1S/C17H22N6O/c1-13-15(9-19-7-4-8-22-12-20-11-21-22)14-5-2-3-6-16(14)23(13)10-17(18)24/h2-3,5-6,11-12,19H,4,7-10H2,1H3,(H2,18,24). The van der Waals surface area contributed by atoms with Crippen LogP contribution in [-0.2, 0) is 24.4 Å². The Kier molecular flexibility index (Phi) is 4.90. The van der Waals surface area contributed by atoms with Crippen LogP contribution in [0.3, 0.4) is 0 Å². The number of nitrogens with zero attached hydrogens (tertiary/aromatic N) is 4. The number of hydrogen-bond donors (Lipinski definition) is 2. The molecule has 3 rings (SSSR count). The Balaban J connectivity index is 1.67. The molecule has 3 N–H and O–H groups in total. The Labute approximate surface area is 140 Å². The van der Waals surface area contributed by atoms with Crippen LogP contribution in [0.2, 0.25) is 0 Å². The van der Waals surface area contributed by atoms with E-state index in [0.717, 1.165) is 37.3 Å². The van der Waals surface area contributed by atoms with Crippen molar-refractivity contribution >= 4 is 16.8 Å². The highest BCUT2D eigenvalue weighted by atomic mass is 16.1. The monoisotopic (exact) mass is 326 g/mol. The molecule has 24 heavy (non-hydrogen) atoms. The second kappa shape index (κ2) is 7.27. The van der Waals surface area contributed by atoms with Crippen LogP contribution >= 0.6 is 0 Å². The highest BCUT2D eigenvalue weighted by Crippen LogP contribution is 2.25. The Morgan fingerprint density at radius 3 is 2.92 bits per heavy atom. The van der Waals surface area contributed by atoms with Crippen LogP contribution in [0.5, 0.6) is 0 Å². The normalized spacial score (nSPS) is 11.2. The fourth-order valence-electron chi connectivity index (χ4n) is 3.01. The average molecular weight is 326 g/mol. The first-order valence-corrected chi connectivity index (χ1v) is 8.05. The second-order valence-corrected chi connectivity index (χ2v) is 5.82. The highest BCUT2D eigenvalue weighted by molar-refractivity contribution is 5.87. The maximum absolute atomic E-state index is 11.4. The number of aryl methyl sites for hydroxylation is 1. The van der Waals surface area contributed by atoms with E-state index in [1.165, 1.54) is 10.9 Å². The molecule has 0 spiro atoms. The number of carbonyl (C=O) groups is 1. The van der Waals surface area contributed by atoms with Crippen molar-refractivity contribution in [3.05, 3.63) is 48.2 Å². The topological polar surface area (TPSA) is 90.8 Å². The summed E-state index contributed by atoms with van der Waals surface area (Å²) in [6, 6.07) is 8.12. The lowest BCUT2D eigenvalue weighted by Crippen LogP contribution is -2.20. The van der Waals surface area contributed by atoms with E-state index in [2.05, 4.69) is 21.5 Å². The highest BCUT2D eigenvalue weighted by Gasteiger charge is 2.14. The van der Waals surface area contributed by atoms with Gasteiger partial charge in [0, 0.05) is 29.7 Å². The van der Waals surface area contributed by atoms with Gasteiger partial charge in [0.15, 0.2) is 0 Å². The van der Waals surface area contributed by atoms with E-state index in [1.54, 1.807) is 12.7 Å². The molecular formula is C17H22N6O.